The molecule has 1 aromatic heterocycles. The van der Waals surface area contributed by atoms with E-state index in [1.54, 1.807) is 0 Å². The Bertz CT molecular complexity index is 581. The van der Waals surface area contributed by atoms with Gasteiger partial charge in [-0.15, -0.1) is 0 Å². The Morgan fingerprint density at radius 1 is 1.28 bits per heavy atom. The zero-order valence-corrected chi connectivity index (χ0v) is 11.0. The number of benzene rings is 1. The lowest BCUT2D eigenvalue weighted by molar-refractivity contribution is 0.174. The van der Waals surface area contributed by atoms with Crippen LogP contribution in [0.4, 0.5) is 0 Å². The molecule has 3 rings (SSSR count). The lowest BCUT2D eigenvalue weighted by Crippen LogP contribution is -2.11. The van der Waals surface area contributed by atoms with E-state index in [1.807, 2.05) is 6.92 Å². The molecule has 1 aliphatic rings. The van der Waals surface area contributed by atoms with E-state index < -0.39 is 0 Å². The predicted molar refractivity (Wildman–Crippen MR) is 73.7 cm³/mol. The maximum absolute atomic E-state index is 9.58. The van der Waals surface area contributed by atoms with Crippen LogP contribution in [0.15, 0.2) is 30.5 Å². The molecular weight excluding hydrogens is 222 g/mol. The molecule has 0 amide bonds. The third-order valence-electron chi connectivity index (χ3n) is 3.73. The largest absolute Gasteiger partial charge is 0.392 e. The van der Waals surface area contributed by atoms with Crippen LogP contribution in [0.3, 0.4) is 0 Å². The van der Waals surface area contributed by atoms with Crippen LogP contribution >= 0.6 is 0 Å². The van der Waals surface area contributed by atoms with Crippen molar-refractivity contribution in [2.45, 2.75) is 39.3 Å². The highest BCUT2D eigenvalue weighted by Gasteiger charge is 2.22. The van der Waals surface area contributed by atoms with E-state index >= 15 is 0 Å². The van der Waals surface area contributed by atoms with E-state index in [2.05, 4.69) is 42.0 Å². The minimum Gasteiger partial charge on any atom is -0.392 e. The maximum Gasteiger partial charge on any atom is 0.0691 e. The zero-order chi connectivity index (χ0) is 12.7. The molecule has 0 bridgehead atoms. The molecule has 0 unspecified atom stereocenters. The Kier molecular flexibility index (Phi) is 2.75. The number of nitrogens with zero attached hydrogens (tertiary/aromatic N) is 1. The fraction of sp³-hybridized carbons (Fsp3) is 0.375. The zero-order valence-electron chi connectivity index (χ0n) is 11.0. The van der Waals surface area contributed by atoms with Gasteiger partial charge in [0.2, 0.25) is 0 Å². The van der Waals surface area contributed by atoms with Gasteiger partial charge < -0.3 is 9.67 Å². The fourth-order valence-corrected chi connectivity index (χ4v) is 2.85. The second-order valence-electron chi connectivity index (χ2n) is 5.21. The summed E-state index contributed by atoms with van der Waals surface area (Å²) in [5.74, 6) is 0. The molecular formula is C16H19NO. The molecule has 2 heteroatoms. The summed E-state index contributed by atoms with van der Waals surface area (Å²) in [5, 5.41) is 9.58. The lowest BCUT2D eigenvalue weighted by Gasteiger charge is -2.11. The Labute approximate surface area is 108 Å². The standard InChI is InChI=1S/C16H19NO/c1-3-12-4-5-13-9-14-6-7-17(10-11(2)18)16(14)15(13)8-12/h4-8,11,18H,3,9-10H2,1-2H3/t11-/m1/s1. The first kappa shape index (κ1) is 11.5. The van der Waals surface area contributed by atoms with E-state index in [1.165, 1.54) is 27.9 Å². The van der Waals surface area contributed by atoms with Crippen molar-refractivity contribution >= 4 is 0 Å². The summed E-state index contributed by atoms with van der Waals surface area (Å²) in [6.07, 6.45) is 3.89. The lowest BCUT2D eigenvalue weighted by atomic mass is 10.0. The number of hydrogen-bond donors (Lipinski definition) is 1. The van der Waals surface area contributed by atoms with Gasteiger partial charge in [-0.05, 0) is 42.2 Å². The molecule has 2 aromatic rings. The molecule has 18 heavy (non-hydrogen) atoms. The Morgan fingerprint density at radius 2 is 2.11 bits per heavy atom. The van der Waals surface area contributed by atoms with Gasteiger partial charge in [0.15, 0.2) is 0 Å². The van der Waals surface area contributed by atoms with Gasteiger partial charge in [0.1, 0.15) is 0 Å². The molecule has 1 heterocycles. The fourth-order valence-electron chi connectivity index (χ4n) is 2.85. The summed E-state index contributed by atoms with van der Waals surface area (Å²) in [5.41, 5.74) is 6.85. The first-order chi connectivity index (χ1) is 8.69. The molecule has 0 fully saturated rings. The summed E-state index contributed by atoms with van der Waals surface area (Å²) in [7, 11) is 0. The number of fused-ring (bicyclic) bond motifs is 3. The first-order valence-corrected chi connectivity index (χ1v) is 6.67. The summed E-state index contributed by atoms with van der Waals surface area (Å²) in [6.45, 7) is 4.70. The summed E-state index contributed by atoms with van der Waals surface area (Å²) < 4.78 is 2.19. The first-order valence-electron chi connectivity index (χ1n) is 6.67. The van der Waals surface area contributed by atoms with E-state index in [4.69, 9.17) is 0 Å². The number of aryl methyl sites for hydroxylation is 1. The maximum atomic E-state index is 9.58. The minimum absolute atomic E-state index is 0.306. The van der Waals surface area contributed by atoms with Crippen LogP contribution in [-0.4, -0.2) is 15.8 Å². The molecule has 1 aliphatic carbocycles. The van der Waals surface area contributed by atoms with Crippen molar-refractivity contribution in [1.29, 1.82) is 0 Å². The van der Waals surface area contributed by atoms with Crippen LogP contribution in [0.2, 0.25) is 0 Å². The van der Waals surface area contributed by atoms with E-state index in [0.717, 1.165) is 12.8 Å². The third-order valence-corrected chi connectivity index (χ3v) is 3.73. The van der Waals surface area contributed by atoms with Crippen molar-refractivity contribution in [3.8, 4) is 11.3 Å². The number of aliphatic hydroxyl groups is 1. The summed E-state index contributed by atoms with van der Waals surface area (Å²) in [6, 6.07) is 8.97. The molecule has 0 radical (unpaired) electrons. The molecule has 1 atom stereocenters. The van der Waals surface area contributed by atoms with Crippen molar-refractivity contribution in [3.63, 3.8) is 0 Å². The quantitative estimate of drug-likeness (QED) is 0.749. The molecule has 0 saturated carbocycles. The van der Waals surface area contributed by atoms with Crippen molar-refractivity contribution in [2.75, 3.05) is 0 Å². The SMILES string of the molecule is CCc1ccc2c(c1)-c1c(ccn1C[C@@H](C)O)C2. The van der Waals surface area contributed by atoms with Gasteiger partial charge in [-0.3, -0.25) is 0 Å². The molecule has 94 valence electrons. The second kappa shape index (κ2) is 4.29. The number of aliphatic hydroxyl groups excluding tert-OH is 1. The third kappa shape index (κ3) is 1.77. The normalized spacial score (nSPS) is 14.4. The second-order valence-corrected chi connectivity index (χ2v) is 5.21. The van der Waals surface area contributed by atoms with E-state index in [9.17, 15) is 5.11 Å². The topological polar surface area (TPSA) is 25.2 Å². The highest BCUT2D eigenvalue weighted by atomic mass is 16.3. The van der Waals surface area contributed by atoms with Gasteiger partial charge in [0, 0.05) is 24.7 Å². The van der Waals surface area contributed by atoms with Crippen LogP contribution in [0.5, 0.6) is 0 Å². The molecule has 1 N–H and O–H groups in total. The highest BCUT2D eigenvalue weighted by Crippen LogP contribution is 2.38. The van der Waals surface area contributed by atoms with Crippen molar-refractivity contribution in [1.82, 2.24) is 4.57 Å². The van der Waals surface area contributed by atoms with Crippen LogP contribution in [0.25, 0.3) is 11.3 Å². The van der Waals surface area contributed by atoms with Gasteiger partial charge >= 0.3 is 0 Å². The van der Waals surface area contributed by atoms with Crippen molar-refractivity contribution in [2.24, 2.45) is 0 Å². The molecule has 1 aromatic carbocycles. The van der Waals surface area contributed by atoms with Crippen LogP contribution in [0.1, 0.15) is 30.5 Å². The average Bonchev–Trinajstić information content (AvgIpc) is 2.88. The van der Waals surface area contributed by atoms with E-state index in [0.29, 0.717) is 6.54 Å². The number of hydrogen-bond acceptors (Lipinski definition) is 1. The van der Waals surface area contributed by atoms with Crippen LogP contribution in [-0.2, 0) is 19.4 Å². The van der Waals surface area contributed by atoms with Crippen molar-refractivity contribution < 1.29 is 5.11 Å². The molecule has 0 aliphatic heterocycles. The number of aromatic nitrogens is 1. The Morgan fingerprint density at radius 3 is 2.83 bits per heavy atom. The minimum atomic E-state index is -0.306. The Hall–Kier alpha value is -1.54. The van der Waals surface area contributed by atoms with Gasteiger partial charge in [0.05, 0.1) is 11.8 Å². The van der Waals surface area contributed by atoms with Gasteiger partial charge in [-0.25, -0.2) is 0 Å². The molecule has 0 saturated heterocycles. The monoisotopic (exact) mass is 241 g/mol. The molecule has 2 nitrogen and oxygen atoms in total. The number of rotatable bonds is 3. The van der Waals surface area contributed by atoms with Crippen LogP contribution < -0.4 is 0 Å². The van der Waals surface area contributed by atoms with Gasteiger partial charge in [-0.1, -0.05) is 19.1 Å². The smallest absolute Gasteiger partial charge is 0.0691 e. The van der Waals surface area contributed by atoms with Crippen molar-refractivity contribution in [3.05, 3.63) is 47.2 Å². The Balaban J connectivity index is 2.09. The summed E-state index contributed by atoms with van der Waals surface area (Å²) in [4.78, 5) is 0. The van der Waals surface area contributed by atoms with Gasteiger partial charge in [0.25, 0.3) is 0 Å². The predicted octanol–water partition coefficient (Wildman–Crippen LogP) is 3.00. The van der Waals surface area contributed by atoms with Crippen LogP contribution in [0, 0.1) is 0 Å². The highest BCUT2D eigenvalue weighted by molar-refractivity contribution is 5.75. The average molecular weight is 241 g/mol. The van der Waals surface area contributed by atoms with E-state index in [-0.39, 0.29) is 6.10 Å². The molecule has 0 spiro atoms. The van der Waals surface area contributed by atoms with Gasteiger partial charge in [-0.2, -0.15) is 0 Å². The summed E-state index contributed by atoms with van der Waals surface area (Å²) >= 11 is 0.